The van der Waals surface area contributed by atoms with Crippen molar-refractivity contribution in [3.05, 3.63) is 23.2 Å². The van der Waals surface area contributed by atoms with Gasteiger partial charge in [0, 0.05) is 5.02 Å². The molecule has 1 amide bonds. The standard InChI is InChI=1S/C10H13ClN2O2/c1-6(2)15-10(14)13-9-5-7(11)3-4-8(9)12/h3-6H,12H2,1-2H3,(H,13,14). The largest absolute Gasteiger partial charge is 0.447 e. The Morgan fingerprint density at radius 1 is 1.53 bits per heavy atom. The fourth-order valence-corrected chi connectivity index (χ4v) is 1.16. The first-order valence-electron chi connectivity index (χ1n) is 4.51. The van der Waals surface area contributed by atoms with Crippen LogP contribution < -0.4 is 11.1 Å². The van der Waals surface area contributed by atoms with Gasteiger partial charge < -0.3 is 10.5 Å². The summed E-state index contributed by atoms with van der Waals surface area (Å²) in [5.74, 6) is 0. The Morgan fingerprint density at radius 3 is 2.80 bits per heavy atom. The third-order valence-corrected chi connectivity index (χ3v) is 1.83. The number of ether oxygens (including phenoxy) is 1. The van der Waals surface area contributed by atoms with Gasteiger partial charge in [0.15, 0.2) is 0 Å². The Balaban J connectivity index is 2.71. The summed E-state index contributed by atoms with van der Waals surface area (Å²) in [6.07, 6.45) is -0.718. The number of nitrogens with two attached hydrogens (primary N) is 1. The summed E-state index contributed by atoms with van der Waals surface area (Å²) in [5.41, 5.74) is 6.54. The minimum atomic E-state index is -0.543. The number of hydrogen-bond donors (Lipinski definition) is 2. The Labute approximate surface area is 93.4 Å². The maximum absolute atomic E-state index is 11.3. The first kappa shape index (κ1) is 11.7. The van der Waals surface area contributed by atoms with Gasteiger partial charge in [0.1, 0.15) is 0 Å². The highest BCUT2D eigenvalue weighted by Gasteiger charge is 2.07. The number of rotatable bonds is 2. The van der Waals surface area contributed by atoms with Gasteiger partial charge in [-0.05, 0) is 32.0 Å². The Kier molecular flexibility index (Phi) is 3.80. The lowest BCUT2D eigenvalue weighted by atomic mass is 10.3. The van der Waals surface area contributed by atoms with Crippen molar-refractivity contribution in [3.63, 3.8) is 0 Å². The molecule has 0 bridgehead atoms. The van der Waals surface area contributed by atoms with E-state index in [1.165, 1.54) is 0 Å². The molecule has 0 fully saturated rings. The van der Waals surface area contributed by atoms with E-state index in [9.17, 15) is 4.79 Å². The van der Waals surface area contributed by atoms with E-state index in [4.69, 9.17) is 22.1 Å². The molecule has 0 saturated carbocycles. The topological polar surface area (TPSA) is 64.3 Å². The van der Waals surface area contributed by atoms with Crippen molar-refractivity contribution in [2.75, 3.05) is 11.1 Å². The molecule has 0 saturated heterocycles. The van der Waals surface area contributed by atoms with Crippen LogP contribution in [0.25, 0.3) is 0 Å². The second kappa shape index (κ2) is 4.89. The zero-order chi connectivity index (χ0) is 11.4. The number of halogens is 1. The average molecular weight is 229 g/mol. The summed E-state index contributed by atoms with van der Waals surface area (Å²) < 4.78 is 4.90. The summed E-state index contributed by atoms with van der Waals surface area (Å²) in [4.78, 5) is 11.3. The monoisotopic (exact) mass is 228 g/mol. The zero-order valence-electron chi connectivity index (χ0n) is 8.58. The van der Waals surface area contributed by atoms with Crippen LogP contribution >= 0.6 is 11.6 Å². The van der Waals surface area contributed by atoms with Gasteiger partial charge in [-0.15, -0.1) is 0 Å². The van der Waals surface area contributed by atoms with Crippen LogP contribution in [-0.2, 0) is 4.74 Å². The van der Waals surface area contributed by atoms with E-state index in [1.54, 1.807) is 32.0 Å². The Hall–Kier alpha value is -1.42. The van der Waals surface area contributed by atoms with Crippen LogP contribution in [0, 0.1) is 0 Å². The van der Waals surface area contributed by atoms with Crippen LogP contribution in [0.1, 0.15) is 13.8 Å². The highest BCUT2D eigenvalue weighted by molar-refractivity contribution is 6.31. The van der Waals surface area contributed by atoms with Gasteiger partial charge in [0.2, 0.25) is 0 Å². The molecule has 0 aromatic heterocycles. The van der Waals surface area contributed by atoms with Gasteiger partial charge in [-0.3, -0.25) is 5.32 Å². The minimum Gasteiger partial charge on any atom is -0.447 e. The van der Waals surface area contributed by atoms with Gasteiger partial charge >= 0.3 is 6.09 Å². The number of amides is 1. The fourth-order valence-electron chi connectivity index (χ4n) is 0.990. The number of carbonyl (C=O) groups is 1. The lowest BCUT2D eigenvalue weighted by molar-refractivity contribution is 0.130. The van der Waals surface area contributed by atoms with Crippen LogP contribution in [0.15, 0.2) is 18.2 Å². The molecule has 0 atom stereocenters. The molecule has 1 rings (SSSR count). The molecule has 0 heterocycles. The first-order chi connectivity index (χ1) is 6.99. The molecule has 1 aromatic carbocycles. The number of carbonyl (C=O) groups excluding carboxylic acids is 1. The summed E-state index contributed by atoms with van der Waals surface area (Å²) in [6.45, 7) is 3.53. The highest BCUT2D eigenvalue weighted by Crippen LogP contribution is 2.22. The molecule has 0 radical (unpaired) electrons. The predicted octanol–water partition coefficient (Wildman–Crippen LogP) is 2.88. The summed E-state index contributed by atoms with van der Waals surface area (Å²) in [7, 11) is 0. The minimum absolute atomic E-state index is 0.176. The Bertz CT molecular complexity index is 366. The predicted molar refractivity (Wildman–Crippen MR) is 61.1 cm³/mol. The number of nitrogen functional groups attached to an aromatic ring is 1. The van der Waals surface area contributed by atoms with Gasteiger partial charge in [0.25, 0.3) is 0 Å². The second-order valence-electron chi connectivity index (χ2n) is 3.31. The van der Waals surface area contributed by atoms with E-state index in [0.29, 0.717) is 16.4 Å². The number of hydrogen-bond acceptors (Lipinski definition) is 3. The molecule has 5 heteroatoms. The van der Waals surface area contributed by atoms with Crippen molar-refractivity contribution in [2.45, 2.75) is 20.0 Å². The van der Waals surface area contributed by atoms with Crippen LogP contribution in [0.3, 0.4) is 0 Å². The second-order valence-corrected chi connectivity index (χ2v) is 3.75. The molecule has 0 aliphatic heterocycles. The lowest BCUT2D eigenvalue weighted by Crippen LogP contribution is -2.18. The molecular weight excluding hydrogens is 216 g/mol. The molecule has 0 unspecified atom stereocenters. The summed E-state index contributed by atoms with van der Waals surface area (Å²) in [6, 6.07) is 4.83. The smallest absolute Gasteiger partial charge is 0.411 e. The van der Waals surface area contributed by atoms with Gasteiger partial charge in [-0.1, -0.05) is 11.6 Å². The van der Waals surface area contributed by atoms with Crippen molar-refractivity contribution in [1.82, 2.24) is 0 Å². The van der Waals surface area contributed by atoms with E-state index >= 15 is 0 Å². The van der Waals surface area contributed by atoms with Crippen molar-refractivity contribution < 1.29 is 9.53 Å². The van der Waals surface area contributed by atoms with Crippen LogP contribution in [0.5, 0.6) is 0 Å². The fraction of sp³-hybridized carbons (Fsp3) is 0.300. The summed E-state index contributed by atoms with van der Waals surface area (Å²) in [5, 5.41) is 3.02. The van der Waals surface area contributed by atoms with Crippen molar-refractivity contribution in [3.8, 4) is 0 Å². The lowest BCUT2D eigenvalue weighted by Gasteiger charge is -2.11. The van der Waals surface area contributed by atoms with E-state index < -0.39 is 6.09 Å². The molecule has 82 valence electrons. The molecule has 3 N–H and O–H groups in total. The first-order valence-corrected chi connectivity index (χ1v) is 4.89. The van der Waals surface area contributed by atoms with Crippen molar-refractivity contribution in [2.24, 2.45) is 0 Å². The molecule has 0 spiro atoms. The SMILES string of the molecule is CC(C)OC(=O)Nc1cc(Cl)ccc1N. The quantitative estimate of drug-likeness (QED) is 0.765. The van der Waals surface area contributed by atoms with E-state index in [0.717, 1.165) is 0 Å². The van der Waals surface area contributed by atoms with Crippen molar-refractivity contribution in [1.29, 1.82) is 0 Å². The molecule has 0 aliphatic carbocycles. The van der Waals surface area contributed by atoms with Crippen molar-refractivity contribution >= 4 is 29.1 Å². The van der Waals surface area contributed by atoms with E-state index in [2.05, 4.69) is 5.32 Å². The van der Waals surface area contributed by atoms with E-state index in [-0.39, 0.29) is 6.10 Å². The van der Waals surface area contributed by atoms with Gasteiger partial charge in [0.05, 0.1) is 17.5 Å². The third kappa shape index (κ3) is 3.67. The third-order valence-electron chi connectivity index (χ3n) is 1.59. The normalized spacial score (nSPS) is 10.1. The Morgan fingerprint density at radius 2 is 2.20 bits per heavy atom. The summed E-state index contributed by atoms with van der Waals surface area (Å²) >= 11 is 5.76. The highest BCUT2D eigenvalue weighted by atomic mass is 35.5. The number of nitrogens with one attached hydrogen (secondary N) is 1. The van der Waals surface area contributed by atoms with Crippen LogP contribution in [-0.4, -0.2) is 12.2 Å². The zero-order valence-corrected chi connectivity index (χ0v) is 9.34. The average Bonchev–Trinajstić information content (AvgIpc) is 2.10. The molecule has 4 nitrogen and oxygen atoms in total. The molecular formula is C10H13ClN2O2. The molecule has 15 heavy (non-hydrogen) atoms. The maximum atomic E-state index is 11.3. The van der Waals surface area contributed by atoms with Crippen LogP contribution in [0.4, 0.5) is 16.2 Å². The number of benzene rings is 1. The molecule has 0 aliphatic rings. The van der Waals surface area contributed by atoms with E-state index in [1.807, 2.05) is 0 Å². The molecule has 1 aromatic rings. The van der Waals surface area contributed by atoms with Gasteiger partial charge in [-0.25, -0.2) is 4.79 Å². The maximum Gasteiger partial charge on any atom is 0.411 e. The van der Waals surface area contributed by atoms with Crippen LogP contribution in [0.2, 0.25) is 5.02 Å². The number of anilines is 2. The van der Waals surface area contributed by atoms with Gasteiger partial charge in [-0.2, -0.15) is 0 Å².